The molecule has 1 N–H and O–H groups in total. The number of pyridine rings is 1. The molecule has 2 aliphatic heterocycles. The van der Waals surface area contributed by atoms with E-state index in [0.717, 1.165) is 66.5 Å². The fraction of sp³-hybridized carbons (Fsp3) is 0.577. The molecule has 2 aromatic rings. The molecule has 172 valence electrons. The smallest absolute Gasteiger partial charge is 0.147 e. The third kappa shape index (κ3) is 4.48. The van der Waals surface area contributed by atoms with Crippen molar-refractivity contribution in [3.8, 4) is 16.9 Å². The number of anilines is 1. The molecule has 1 saturated carbocycles. The normalized spacial score (nSPS) is 28.9. The van der Waals surface area contributed by atoms with E-state index < -0.39 is 0 Å². The Morgan fingerprint density at radius 3 is 2.53 bits per heavy atom. The zero-order valence-electron chi connectivity index (χ0n) is 19.0. The summed E-state index contributed by atoms with van der Waals surface area (Å²) in [7, 11) is 1.68. The van der Waals surface area contributed by atoms with Crippen LogP contribution in [0.5, 0.6) is 5.75 Å². The van der Waals surface area contributed by atoms with E-state index in [1.165, 1.54) is 32.4 Å². The number of hydrogen-bond acceptors (Lipinski definition) is 5. The Morgan fingerprint density at radius 2 is 1.81 bits per heavy atom. The van der Waals surface area contributed by atoms with Crippen molar-refractivity contribution in [3.05, 3.63) is 41.6 Å². The lowest BCUT2D eigenvalue weighted by Gasteiger charge is -2.42. The maximum Gasteiger partial charge on any atom is 0.147 e. The molecule has 1 aromatic heterocycles. The van der Waals surface area contributed by atoms with Crippen LogP contribution in [0.2, 0.25) is 5.02 Å². The van der Waals surface area contributed by atoms with Gasteiger partial charge in [0.05, 0.1) is 18.2 Å². The van der Waals surface area contributed by atoms with Crippen molar-refractivity contribution in [1.82, 2.24) is 9.88 Å². The number of hydrogen-bond donors (Lipinski definition) is 1. The van der Waals surface area contributed by atoms with E-state index >= 15 is 0 Å². The first-order valence-corrected chi connectivity index (χ1v) is 12.4. The molecule has 0 unspecified atom stereocenters. The number of benzene rings is 1. The van der Waals surface area contributed by atoms with E-state index in [0.29, 0.717) is 11.5 Å². The minimum atomic E-state index is -0.0814. The molecule has 3 aliphatic rings. The molecule has 2 saturated heterocycles. The molecule has 3 heterocycles. The molecule has 1 atom stereocenters. The van der Waals surface area contributed by atoms with Crippen molar-refractivity contribution in [2.45, 2.75) is 57.1 Å². The minimum absolute atomic E-state index is 0.0814. The second kappa shape index (κ2) is 9.20. The van der Waals surface area contributed by atoms with Crippen molar-refractivity contribution in [2.24, 2.45) is 5.41 Å². The summed E-state index contributed by atoms with van der Waals surface area (Å²) < 4.78 is 5.26. The largest absolute Gasteiger partial charge is 0.497 e. The number of piperidine rings is 1. The van der Waals surface area contributed by atoms with Crippen LogP contribution in [0.25, 0.3) is 11.1 Å². The Bertz CT molecular complexity index is 929. The topological polar surface area (TPSA) is 48.8 Å². The molecule has 5 nitrogen and oxygen atoms in total. The fourth-order valence-electron chi connectivity index (χ4n) is 6.03. The van der Waals surface area contributed by atoms with Crippen LogP contribution >= 0.6 is 11.6 Å². The van der Waals surface area contributed by atoms with Crippen LogP contribution < -0.4 is 9.64 Å². The van der Waals surface area contributed by atoms with Crippen LogP contribution in [-0.4, -0.2) is 60.4 Å². The molecular formula is C26H34ClN3O2. The minimum Gasteiger partial charge on any atom is -0.497 e. The summed E-state index contributed by atoms with van der Waals surface area (Å²) in [5.41, 5.74) is 2.46. The van der Waals surface area contributed by atoms with E-state index in [2.05, 4.69) is 9.80 Å². The Hall–Kier alpha value is -1.82. The highest BCUT2D eigenvalue weighted by molar-refractivity contribution is 6.33. The Morgan fingerprint density at radius 1 is 1.03 bits per heavy atom. The molecule has 32 heavy (non-hydrogen) atoms. The Balaban J connectivity index is 1.28. The number of halogens is 1. The van der Waals surface area contributed by atoms with Gasteiger partial charge in [-0.1, -0.05) is 23.7 Å². The number of aromatic nitrogens is 1. The van der Waals surface area contributed by atoms with Gasteiger partial charge in [0.2, 0.25) is 0 Å². The van der Waals surface area contributed by atoms with Crippen LogP contribution in [0.15, 0.2) is 36.5 Å². The molecule has 3 fully saturated rings. The number of likely N-dealkylation sites (tertiary alicyclic amines) is 1. The fourth-order valence-corrected chi connectivity index (χ4v) is 6.32. The van der Waals surface area contributed by atoms with Crippen molar-refractivity contribution >= 4 is 17.4 Å². The summed E-state index contributed by atoms with van der Waals surface area (Å²) in [6.45, 7) is 4.41. The molecule has 0 amide bonds. The molecular weight excluding hydrogens is 422 g/mol. The van der Waals surface area contributed by atoms with Gasteiger partial charge >= 0.3 is 0 Å². The highest BCUT2D eigenvalue weighted by Gasteiger charge is 2.44. The summed E-state index contributed by atoms with van der Waals surface area (Å²) in [5, 5.41) is 10.6. The molecule has 0 bridgehead atoms. The summed E-state index contributed by atoms with van der Waals surface area (Å²) in [6.07, 6.45) is 9.79. The SMILES string of the molecule is COc1ccc(-c2cnc(N3CCC[C@]4(CCN(C5CCC(O)CC5)C4)C3)c(Cl)c2)cc1. The van der Waals surface area contributed by atoms with Gasteiger partial charge < -0.3 is 14.7 Å². The van der Waals surface area contributed by atoms with Crippen molar-refractivity contribution in [3.63, 3.8) is 0 Å². The average Bonchev–Trinajstić information content (AvgIpc) is 3.22. The number of aliphatic hydroxyl groups excluding tert-OH is 1. The van der Waals surface area contributed by atoms with Gasteiger partial charge in [-0.15, -0.1) is 0 Å². The average molecular weight is 456 g/mol. The van der Waals surface area contributed by atoms with Crippen LogP contribution in [0.4, 0.5) is 5.82 Å². The van der Waals surface area contributed by atoms with E-state index in [1.807, 2.05) is 36.5 Å². The lowest BCUT2D eigenvalue weighted by atomic mass is 9.79. The van der Waals surface area contributed by atoms with E-state index in [-0.39, 0.29) is 6.10 Å². The quantitative estimate of drug-likeness (QED) is 0.702. The number of aliphatic hydroxyl groups is 1. The summed E-state index contributed by atoms with van der Waals surface area (Å²) in [5.74, 6) is 1.76. The summed E-state index contributed by atoms with van der Waals surface area (Å²) in [4.78, 5) is 9.93. The number of rotatable bonds is 4. The van der Waals surface area contributed by atoms with Gasteiger partial charge in [0.1, 0.15) is 11.6 Å². The highest BCUT2D eigenvalue weighted by Crippen LogP contribution is 2.43. The first kappa shape index (κ1) is 22.0. The second-order valence-corrected chi connectivity index (χ2v) is 10.4. The highest BCUT2D eigenvalue weighted by atomic mass is 35.5. The van der Waals surface area contributed by atoms with Crippen LogP contribution in [-0.2, 0) is 0 Å². The zero-order chi connectivity index (χ0) is 22.1. The van der Waals surface area contributed by atoms with E-state index in [4.69, 9.17) is 21.3 Å². The van der Waals surface area contributed by atoms with Gasteiger partial charge in [-0.05, 0) is 75.3 Å². The molecule has 0 radical (unpaired) electrons. The zero-order valence-corrected chi connectivity index (χ0v) is 19.7. The number of methoxy groups -OCH3 is 1. The standard InChI is InChI=1S/C26H34ClN3O2/c1-32-23-9-3-19(4-10-23)20-15-24(27)25(28-16-20)30-13-2-11-26(18-30)12-14-29(17-26)21-5-7-22(31)8-6-21/h3-4,9-10,15-16,21-22,31H,2,5-8,11-14,17-18H2,1H3/t21?,22?,26-/m1/s1. The second-order valence-electron chi connectivity index (χ2n) is 9.97. The first-order valence-electron chi connectivity index (χ1n) is 12.0. The van der Waals surface area contributed by atoms with E-state index in [1.54, 1.807) is 7.11 Å². The van der Waals surface area contributed by atoms with Gasteiger partial charge in [-0.25, -0.2) is 4.98 Å². The molecule has 1 aromatic carbocycles. The summed E-state index contributed by atoms with van der Waals surface area (Å²) in [6, 6.07) is 10.7. The van der Waals surface area contributed by atoms with Crippen molar-refractivity contribution < 1.29 is 9.84 Å². The van der Waals surface area contributed by atoms with E-state index in [9.17, 15) is 5.11 Å². The maximum atomic E-state index is 9.86. The molecule has 5 rings (SSSR count). The van der Waals surface area contributed by atoms with Crippen LogP contribution in [0.1, 0.15) is 44.9 Å². The summed E-state index contributed by atoms with van der Waals surface area (Å²) >= 11 is 6.77. The Labute approximate surface area is 196 Å². The van der Waals surface area contributed by atoms with Crippen LogP contribution in [0.3, 0.4) is 0 Å². The van der Waals surface area contributed by atoms with Crippen molar-refractivity contribution in [2.75, 3.05) is 38.2 Å². The third-order valence-corrected chi connectivity index (χ3v) is 8.13. The van der Waals surface area contributed by atoms with Gasteiger partial charge in [0, 0.05) is 42.9 Å². The number of nitrogens with zero attached hydrogens (tertiary/aromatic N) is 3. The van der Waals surface area contributed by atoms with Gasteiger partial charge in [-0.2, -0.15) is 0 Å². The first-order chi connectivity index (χ1) is 15.5. The Kier molecular flexibility index (Phi) is 6.33. The van der Waals surface area contributed by atoms with Gasteiger partial charge in [0.15, 0.2) is 0 Å². The lowest BCUT2D eigenvalue weighted by molar-refractivity contribution is 0.0770. The molecule has 6 heteroatoms. The predicted octanol–water partition coefficient (Wildman–Crippen LogP) is 5.01. The lowest BCUT2D eigenvalue weighted by Crippen LogP contribution is -2.46. The monoisotopic (exact) mass is 455 g/mol. The maximum absolute atomic E-state index is 9.86. The predicted molar refractivity (Wildman–Crippen MR) is 130 cm³/mol. The van der Waals surface area contributed by atoms with Crippen LogP contribution in [0, 0.1) is 5.41 Å². The van der Waals surface area contributed by atoms with Gasteiger partial charge in [0.25, 0.3) is 0 Å². The number of ether oxygens (including phenoxy) is 1. The third-order valence-electron chi connectivity index (χ3n) is 7.86. The van der Waals surface area contributed by atoms with Gasteiger partial charge in [-0.3, -0.25) is 4.90 Å². The molecule has 1 spiro atoms. The molecule has 1 aliphatic carbocycles. The van der Waals surface area contributed by atoms with Crippen molar-refractivity contribution in [1.29, 1.82) is 0 Å².